The van der Waals surface area contributed by atoms with Crippen molar-refractivity contribution in [2.24, 2.45) is 12.8 Å². The lowest BCUT2D eigenvalue weighted by molar-refractivity contribution is -0.133. The molecule has 0 spiro atoms. The summed E-state index contributed by atoms with van der Waals surface area (Å²) in [6, 6.07) is -0.595. The minimum atomic E-state index is -0.595. The summed E-state index contributed by atoms with van der Waals surface area (Å²) in [4.78, 5) is 14.5. The molecule has 0 saturated carbocycles. The van der Waals surface area contributed by atoms with Crippen LogP contribution >= 0.6 is 0 Å². The van der Waals surface area contributed by atoms with E-state index in [9.17, 15) is 4.79 Å². The first-order valence-electron chi connectivity index (χ1n) is 8.13. The summed E-state index contributed by atoms with van der Waals surface area (Å²) in [7, 11) is 1.83. The fourth-order valence-corrected chi connectivity index (χ4v) is 2.38. The molecule has 1 rings (SSSR count). The van der Waals surface area contributed by atoms with Crippen molar-refractivity contribution in [1.29, 1.82) is 0 Å². The fourth-order valence-electron chi connectivity index (χ4n) is 2.38. The number of carbonyl (C=O) groups excluding carboxylic acids is 1. The Hall–Kier alpha value is -1.36. The minimum Gasteiger partial charge on any atom is -0.341 e. The summed E-state index contributed by atoms with van der Waals surface area (Å²) in [5.41, 5.74) is 6.91. The average molecular weight is 294 g/mol. The van der Waals surface area contributed by atoms with Gasteiger partial charge >= 0.3 is 0 Å². The van der Waals surface area contributed by atoms with Gasteiger partial charge in [-0.15, -0.1) is 0 Å². The third-order valence-corrected chi connectivity index (χ3v) is 3.72. The molecule has 120 valence electrons. The molecule has 1 heterocycles. The zero-order valence-corrected chi connectivity index (χ0v) is 13.7. The number of carbonyl (C=O) groups is 1. The minimum absolute atomic E-state index is 0.0233. The topological polar surface area (TPSA) is 64.2 Å². The highest BCUT2D eigenvalue weighted by Gasteiger charge is 2.22. The largest absolute Gasteiger partial charge is 0.341 e. The lowest BCUT2D eigenvalue weighted by Crippen LogP contribution is -2.39. The molecule has 0 fully saturated rings. The second-order valence-electron chi connectivity index (χ2n) is 5.66. The van der Waals surface area contributed by atoms with Gasteiger partial charge in [-0.1, -0.05) is 39.5 Å². The highest BCUT2D eigenvalue weighted by atomic mass is 16.2. The molecule has 1 aromatic heterocycles. The molecule has 0 aliphatic rings. The van der Waals surface area contributed by atoms with Gasteiger partial charge in [0.1, 0.15) is 6.04 Å². The van der Waals surface area contributed by atoms with Crippen LogP contribution in [-0.2, 0) is 11.8 Å². The number of hydrogen-bond acceptors (Lipinski definition) is 3. The average Bonchev–Trinajstić information content (AvgIpc) is 2.91. The Labute approximate surface area is 128 Å². The number of hydrogen-bond donors (Lipinski definition) is 1. The van der Waals surface area contributed by atoms with Crippen molar-refractivity contribution in [2.75, 3.05) is 13.1 Å². The third-order valence-electron chi connectivity index (χ3n) is 3.72. The van der Waals surface area contributed by atoms with Crippen LogP contribution in [-0.4, -0.2) is 33.7 Å². The zero-order chi connectivity index (χ0) is 15.7. The van der Waals surface area contributed by atoms with Crippen LogP contribution in [0.1, 0.15) is 64.0 Å². The Morgan fingerprint density at radius 3 is 2.24 bits per heavy atom. The monoisotopic (exact) mass is 294 g/mol. The van der Waals surface area contributed by atoms with Crippen LogP contribution in [0.4, 0.5) is 0 Å². The van der Waals surface area contributed by atoms with Gasteiger partial charge in [0.2, 0.25) is 5.91 Å². The standard InChI is InChI=1S/C16H30N4O/c1-4-6-8-10-20(11-9-7-5-2)16(21)15(17)14-12-18-19(3)13-14/h12-13,15H,4-11,17H2,1-3H3. The van der Waals surface area contributed by atoms with E-state index in [4.69, 9.17) is 5.73 Å². The van der Waals surface area contributed by atoms with E-state index in [0.29, 0.717) is 0 Å². The molecule has 5 nitrogen and oxygen atoms in total. The maximum atomic E-state index is 12.6. The molecule has 1 atom stereocenters. The highest BCUT2D eigenvalue weighted by molar-refractivity contribution is 5.82. The molecule has 5 heteroatoms. The summed E-state index contributed by atoms with van der Waals surface area (Å²) in [6.45, 7) is 5.96. The van der Waals surface area contributed by atoms with Crippen LogP contribution in [0, 0.1) is 0 Å². The summed E-state index contributed by atoms with van der Waals surface area (Å²) in [5.74, 6) is 0.0233. The first kappa shape index (κ1) is 17.7. The van der Waals surface area contributed by atoms with E-state index in [-0.39, 0.29) is 5.91 Å². The summed E-state index contributed by atoms with van der Waals surface area (Å²) in [5, 5.41) is 4.10. The number of aromatic nitrogens is 2. The molecule has 1 amide bonds. The molecule has 0 aliphatic carbocycles. The smallest absolute Gasteiger partial charge is 0.244 e. The van der Waals surface area contributed by atoms with Crippen LogP contribution in [0.5, 0.6) is 0 Å². The first-order chi connectivity index (χ1) is 10.1. The zero-order valence-electron chi connectivity index (χ0n) is 13.7. The van der Waals surface area contributed by atoms with E-state index in [0.717, 1.165) is 57.2 Å². The van der Waals surface area contributed by atoms with Crippen molar-refractivity contribution < 1.29 is 4.79 Å². The van der Waals surface area contributed by atoms with E-state index in [1.54, 1.807) is 10.9 Å². The second-order valence-corrected chi connectivity index (χ2v) is 5.66. The number of aryl methyl sites for hydroxylation is 1. The lowest BCUT2D eigenvalue weighted by Gasteiger charge is -2.25. The molecule has 0 aliphatic heterocycles. The van der Waals surface area contributed by atoms with Gasteiger partial charge < -0.3 is 10.6 Å². The van der Waals surface area contributed by atoms with E-state index in [1.165, 1.54) is 0 Å². The SMILES string of the molecule is CCCCCN(CCCCC)C(=O)C(N)c1cnn(C)c1. The van der Waals surface area contributed by atoms with E-state index >= 15 is 0 Å². The van der Waals surface area contributed by atoms with Gasteiger partial charge in [0.25, 0.3) is 0 Å². The first-order valence-corrected chi connectivity index (χ1v) is 8.13. The number of unbranched alkanes of at least 4 members (excludes halogenated alkanes) is 4. The van der Waals surface area contributed by atoms with E-state index < -0.39 is 6.04 Å². The predicted octanol–water partition coefficient (Wildman–Crippen LogP) is 2.63. The van der Waals surface area contributed by atoms with Crippen molar-refractivity contribution in [3.8, 4) is 0 Å². The molecule has 0 aromatic carbocycles. The molecule has 21 heavy (non-hydrogen) atoms. The van der Waals surface area contributed by atoms with E-state index in [1.807, 2.05) is 18.1 Å². The van der Waals surface area contributed by atoms with Crippen molar-refractivity contribution in [3.63, 3.8) is 0 Å². The van der Waals surface area contributed by atoms with Gasteiger partial charge in [0, 0.05) is 31.9 Å². The van der Waals surface area contributed by atoms with Gasteiger partial charge in [-0.3, -0.25) is 9.48 Å². The van der Waals surface area contributed by atoms with Crippen LogP contribution in [0.3, 0.4) is 0 Å². The van der Waals surface area contributed by atoms with Gasteiger partial charge in [-0.05, 0) is 12.8 Å². The van der Waals surface area contributed by atoms with E-state index in [2.05, 4.69) is 18.9 Å². The highest BCUT2D eigenvalue weighted by Crippen LogP contribution is 2.14. The molecule has 1 aromatic rings. The Bertz CT molecular complexity index is 406. The molecule has 0 saturated heterocycles. The Kier molecular flexibility index (Phi) is 8.05. The maximum Gasteiger partial charge on any atom is 0.244 e. The van der Waals surface area contributed by atoms with Gasteiger partial charge in [-0.2, -0.15) is 5.10 Å². The van der Waals surface area contributed by atoms with Crippen LogP contribution in [0.25, 0.3) is 0 Å². The second kappa shape index (κ2) is 9.55. The Morgan fingerprint density at radius 2 is 1.81 bits per heavy atom. The van der Waals surface area contributed by atoms with Crippen LogP contribution in [0.2, 0.25) is 0 Å². The van der Waals surface area contributed by atoms with Gasteiger partial charge in [-0.25, -0.2) is 0 Å². The lowest BCUT2D eigenvalue weighted by atomic mass is 10.1. The summed E-state index contributed by atoms with van der Waals surface area (Å²) >= 11 is 0. The molecule has 0 radical (unpaired) electrons. The fraction of sp³-hybridized carbons (Fsp3) is 0.750. The molecular weight excluding hydrogens is 264 g/mol. The summed E-state index contributed by atoms with van der Waals surface area (Å²) < 4.78 is 1.68. The third kappa shape index (κ3) is 5.87. The summed E-state index contributed by atoms with van der Waals surface area (Å²) in [6.07, 6.45) is 10.2. The Morgan fingerprint density at radius 1 is 1.24 bits per heavy atom. The number of amides is 1. The molecule has 1 unspecified atom stereocenters. The van der Waals surface area contributed by atoms with Gasteiger partial charge in [0.15, 0.2) is 0 Å². The van der Waals surface area contributed by atoms with Crippen molar-refractivity contribution in [1.82, 2.24) is 14.7 Å². The number of nitrogens with two attached hydrogens (primary N) is 1. The number of rotatable bonds is 10. The predicted molar refractivity (Wildman–Crippen MR) is 85.8 cm³/mol. The van der Waals surface area contributed by atoms with Crippen LogP contribution < -0.4 is 5.73 Å². The van der Waals surface area contributed by atoms with Gasteiger partial charge in [0.05, 0.1) is 6.20 Å². The van der Waals surface area contributed by atoms with Crippen molar-refractivity contribution >= 4 is 5.91 Å². The molecular formula is C16H30N4O. The normalized spacial score (nSPS) is 12.4. The quantitative estimate of drug-likeness (QED) is 0.675. The number of nitrogens with zero attached hydrogens (tertiary/aromatic N) is 3. The van der Waals surface area contributed by atoms with Crippen molar-refractivity contribution in [2.45, 2.75) is 58.4 Å². The van der Waals surface area contributed by atoms with Crippen molar-refractivity contribution in [3.05, 3.63) is 18.0 Å². The Balaban J connectivity index is 2.63. The molecule has 2 N–H and O–H groups in total. The molecule has 0 bridgehead atoms. The maximum absolute atomic E-state index is 12.6. The van der Waals surface area contributed by atoms with Crippen LogP contribution in [0.15, 0.2) is 12.4 Å².